The molecule has 4 heteroatoms. The second-order valence-corrected chi connectivity index (χ2v) is 4.58. The van der Waals surface area contributed by atoms with Crippen LogP contribution in [0.2, 0.25) is 0 Å². The molecule has 0 radical (unpaired) electrons. The highest BCUT2D eigenvalue weighted by molar-refractivity contribution is 5.53. The molecule has 0 aliphatic rings. The number of anilines is 2. The van der Waals surface area contributed by atoms with Gasteiger partial charge in [-0.2, -0.15) is 0 Å². The van der Waals surface area contributed by atoms with Crippen molar-refractivity contribution in [3.63, 3.8) is 0 Å². The van der Waals surface area contributed by atoms with Crippen LogP contribution in [0, 0.1) is 12.8 Å². The summed E-state index contributed by atoms with van der Waals surface area (Å²) in [7, 11) is 0. The van der Waals surface area contributed by atoms with Crippen molar-refractivity contribution in [1.82, 2.24) is 4.98 Å². The minimum absolute atomic E-state index is 0.254. The Bertz CT molecular complexity index is 353. The maximum Gasteiger partial charge on any atom is 0.128 e. The molecule has 0 saturated heterocycles. The van der Waals surface area contributed by atoms with Crippen LogP contribution >= 0.6 is 0 Å². The summed E-state index contributed by atoms with van der Waals surface area (Å²) in [4.78, 5) is 4.32. The lowest BCUT2D eigenvalue weighted by Gasteiger charge is -2.22. The third-order valence-corrected chi connectivity index (χ3v) is 2.78. The number of hydrogen-bond donors (Lipinski definition) is 2. The Morgan fingerprint density at radius 3 is 2.71 bits per heavy atom. The number of ether oxygens (including phenoxy) is 1. The summed E-state index contributed by atoms with van der Waals surface area (Å²) in [6, 6.07) is 2.13. The smallest absolute Gasteiger partial charge is 0.128 e. The first kappa shape index (κ1) is 13.8. The molecule has 1 unspecified atom stereocenters. The van der Waals surface area contributed by atoms with Crippen LogP contribution in [0.3, 0.4) is 0 Å². The fraction of sp³-hybridized carbons (Fsp3) is 0.615. The number of aryl methyl sites for hydroxylation is 1. The van der Waals surface area contributed by atoms with Gasteiger partial charge in [-0.1, -0.05) is 13.8 Å². The van der Waals surface area contributed by atoms with E-state index in [0.29, 0.717) is 12.5 Å². The van der Waals surface area contributed by atoms with Gasteiger partial charge in [-0.25, -0.2) is 4.98 Å². The third kappa shape index (κ3) is 4.23. The number of hydrogen-bond acceptors (Lipinski definition) is 4. The Kier molecular flexibility index (Phi) is 5.22. The molecule has 0 bridgehead atoms. The van der Waals surface area contributed by atoms with Crippen molar-refractivity contribution in [2.24, 2.45) is 5.92 Å². The van der Waals surface area contributed by atoms with Gasteiger partial charge in [0.15, 0.2) is 0 Å². The van der Waals surface area contributed by atoms with Crippen LogP contribution in [-0.4, -0.2) is 24.2 Å². The van der Waals surface area contributed by atoms with E-state index in [9.17, 15) is 0 Å². The molecule has 1 heterocycles. The highest BCUT2D eigenvalue weighted by atomic mass is 16.5. The monoisotopic (exact) mass is 237 g/mol. The molecule has 17 heavy (non-hydrogen) atoms. The number of nitrogens with one attached hydrogen (secondary N) is 1. The molecule has 0 aliphatic heterocycles. The zero-order valence-electron chi connectivity index (χ0n) is 11.2. The SMILES string of the molecule is CCOCC(Nc1cc(N)c(C)cn1)C(C)C. The van der Waals surface area contributed by atoms with Gasteiger partial charge in [0.25, 0.3) is 0 Å². The van der Waals surface area contributed by atoms with Gasteiger partial charge in [-0.15, -0.1) is 0 Å². The number of pyridine rings is 1. The van der Waals surface area contributed by atoms with Crippen molar-refractivity contribution in [1.29, 1.82) is 0 Å². The third-order valence-electron chi connectivity index (χ3n) is 2.78. The van der Waals surface area contributed by atoms with Gasteiger partial charge in [0, 0.05) is 24.6 Å². The molecule has 4 nitrogen and oxygen atoms in total. The summed E-state index contributed by atoms with van der Waals surface area (Å²) in [5, 5.41) is 3.37. The zero-order chi connectivity index (χ0) is 12.8. The molecule has 0 aromatic carbocycles. The molecule has 1 aromatic rings. The normalized spacial score (nSPS) is 12.8. The van der Waals surface area contributed by atoms with E-state index in [4.69, 9.17) is 10.5 Å². The largest absolute Gasteiger partial charge is 0.398 e. The van der Waals surface area contributed by atoms with Crippen LogP contribution in [0.5, 0.6) is 0 Å². The first-order valence-corrected chi connectivity index (χ1v) is 6.11. The van der Waals surface area contributed by atoms with E-state index in [1.54, 1.807) is 6.20 Å². The van der Waals surface area contributed by atoms with E-state index in [0.717, 1.165) is 23.7 Å². The Labute approximate surface area is 104 Å². The minimum atomic E-state index is 0.254. The molecule has 0 spiro atoms. The Hall–Kier alpha value is -1.29. The Morgan fingerprint density at radius 2 is 2.18 bits per heavy atom. The van der Waals surface area contributed by atoms with Gasteiger partial charge in [-0.3, -0.25) is 0 Å². The molecule has 96 valence electrons. The first-order chi connectivity index (χ1) is 8.04. The second kappa shape index (κ2) is 6.45. The summed E-state index contributed by atoms with van der Waals surface area (Å²) >= 11 is 0. The Morgan fingerprint density at radius 1 is 1.47 bits per heavy atom. The summed E-state index contributed by atoms with van der Waals surface area (Å²) in [5.41, 5.74) is 7.63. The second-order valence-electron chi connectivity index (χ2n) is 4.58. The highest BCUT2D eigenvalue weighted by Gasteiger charge is 2.14. The number of nitrogens with zero attached hydrogens (tertiary/aromatic N) is 1. The molecule has 1 aromatic heterocycles. The van der Waals surface area contributed by atoms with Crippen LogP contribution in [-0.2, 0) is 4.74 Å². The average molecular weight is 237 g/mol. The topological polar surface area (TPSA) is 60.2 Å². The number of nitrogens with two attached hydrogens (primary N) is 1. The van der Waals surface area contributed by atoms with Crippen molar-refractivity contribution in [3.8, 4) is 0 Å². The number of nitrogen functional groups attached to an aromatic ring is 1. The van der Waals surface area contributed by atoms with Crippen LogP contribution in [0.1, 0.15) is 26.3 Å². The summed E-state index contributed by atoms with van der Waals surface area (Å²) in [6.07, 6.45) is 1.79. The number of rotatable bonds is 6. The van der Waals surface area contributed by atoms with E-state index in [-0.39, 0.29) is 6.04 Å². The fourth-order valence-corrected chi connectivity index (χ4v) is 1.45. The van der Waals surface area contributed by atoms with E-state index in [1.165, 1.54) is 0 Å². The summed E-state index contributed by atoms with van der Waals surface area (Å²) < 4.78 is 5.46. The highest BCUT2D eigenvalue weighted by Crippen LogP contribution is 2.16. The van der Waals surface area contributed by atoms with Crippen molar-refractivity contribution >= 4 is 11.5 Å². The van der Waals surface area contributed by atoms with Crippen LogP contribution in [0.15, 0.2) is 12.3 Å². The zero-order valence-corrected chi connectivity index (χ0v) is 11.2. The van der Waals surface area contributed by atoms with Crippen LogP contribution in [0.25, 0.3) is 0 Å². The predicted octanol–water partition coefficient (Wildman–Crippen LogP) is 2.45. The quantitative estimate of drug-likeness (QED) is 0.798. The molecule has 1 atom stereocenters. The van der Waals surface area contributed by atoms with Gasteiger partial charge in [0.2, 0.25) is 0 Å². The molecule has 0 amide bonds. The van der Waals surface area contributed by atoms with Gasteiger partial charge in [0.05, 0.1) is 12.6 Å². The molecule has 0 fully saturated rings. The lowest BCUT2D eigenvalue weighted by Crippen LogP contribution is -2.31. The first-order valence-electron chi connectivity index (χ1n) is 6.11. The van der Waals surface area contributed by atoms with Gasteiger partial charge in [-0.05, 0) is 25.3 Å². The van der Waals surface area contributed by atoms with Gasteiger partial charge >= 0.3 is 0 Å². The van der Waals surface area contributed by atoms with Crippen molar-refractivity contribution in [2.45, 2.75) is 33.7 Å². The lowest BCUT2D eigenvalue weighted by molar-refractivity contribution is 0.126. The fourth-order valence-electron chi connectivity index (χ4n) is 1.45. The maximum atomic E-state index is 5.86. The van der Waals surface area contributed by atoms with E-state index < -0.39 is 0 Å². The van der Waals surface area contributed by atoms with Gasteiger partial charge in [0.1, 0.15) is 5.82 Å². The van der Waals surface area contributed by atoms with Gasteiger partial charge < -0.3 is 15.8 Å². The van der Waals surface area contributed by atoms with Crippen molar-refractivity contribution in [3.05, 3.63) is 17.8 Å². The molecule has 0 aliphatic carbocycles. The summed E-state index contributed by atoms with van der Waals surface area (Å²) in [5.74, 6) is 1.29. The number of aromatic nitrogens is 1. The maximum absolute atomic E-state index is 5.86. The molecule has 1 rings (SSSR count). The van der Waals surface area contributed by atoms with Crippen molar-refractivity contribution < 1.29 is 4.74 Å². The predicted molar refractivity (Wildman–Crippen MR) is 72.1 cm³/mol. The minimum Gasteiger partial charge on any atom is -0.398 e. The van der Waals surface area contributed by atoms with Crippen LogP contribution < -0.4 is 11.1 Å². The van der Waals surface area contributed by atoms with Crippen molar-refractivity contribution in [2.75, 3.05) is 24.3 Å². The Balaban J connectivity index is 2.68. The lowest BCUT2D eigenvalue weighted by atomic mass is 10.1. The molecule has 0 saturated carbocycles. The van der Waals surface area contributed by atoms with Crippen LogP contribution in [0.4, 0.5) is 11.5 Å². The van der Waals surface area contributed by atoms with E-state index in [1.807, 2.05) is 19.9 Å². The standard InChI is InChI=1S/C13H23N3O/c1-5-17-8-12(9(2)3)16-13-6-11(14)10(4)7-15-13/h6-7,9,12H,5,8H2,1-4H3,(H3,14,15,16). The molecule has 3 N–H and O–H groups in total. The van der Waals surface area contributed by atoms with E-state index in [2.05, 4.69) is 24.1 Å². The summed E-state index contributed by atoms with van der Waals surface area (Å²) in [6.45, 7) is 9.69. The molecular formula is C13H23N3O. The van der Waals surface area contributed by atoms with E-state index >= 15 is 0 Å². The molecular weight excluding hydrogens is 214 g/mol. The average Bonchev–Trinajstić information content (AvgIpc) is 2.28.